The average Bonchev–Trinajstić information content (AvgIpc) is 2.33. The molecule has 0 spiro atoms. The Hall–Kier alpha value is -1.10. The Bertz CT molecular complexity index is 377. The van der Waals surface area contributed by atoms with E-state index in [1.807, 2.05) is 24.3 Å². The quantitative estimate of drug-likeness (QED) is 0.804. The highest BCUT2D eigenvalue weighted by atomic mass is 16.5. The van der Waals surface area contributed by atoms with Gasteiger partial charge in [0.05, 0.1) is 32.5 Å². The smallest absolute Gasteiger partial charge is 0.124 e. The van der Waals surface area contributed by atoms with Gasteiger partial charge >= 0.3 is 0 Å². The van der Waals surface area contributed by atoms with Gasteiger partial charge in [-0.05, 0) is 6.07 Å². The SMILES string of the molecule is CC1(COc2ccccc2C(N)CO)COC1. The highest BCUT2D eigenvalue weighted by Crippen LogP contribution is 2.30. The molecule has 1 saturated heterocycles. The number of aliphatic hydroxyl groups is 1. The van der Waals surface area contributed by atoms with Crippen LogP contribution in [0.25, 0.3) is 0 Å². The molecule has 1 aromatic rings. The summed E-state index contributed by atoms with van der Waals surface area (Å²) in [6.07, 6.45) is 0. The minimum atomic E-state index is -0.392. The summed E-state index contributed by atoms with van der Waals surface area (Å²) in [5.41, 5.74) is 6.78. The van der Waals surface area contributed by atoms with Crippen LogP contribution in [0.15, 0.2) is 24.3 Å². The van der Waals surface area contributed by atoms with Gasteiger partial charge in [-0.3, -0.25) is 0 Å². The van der Waals surface area contributed by atoms with Crippen molar-refractivity contribution < 1.29 is 14.6 Å². The minimum absolute atomic E-state index is 0.0826. The second-order valence-electron chi connectivity index (χ2n) is 4.92. The Labute approximate surface area is 101 Å². The van der Waals surface area contributed by atoms with E-state index in [4.69, 9.17) is 20.3 Å². The summed E-state index contributed by atoms with van der Waals surface area (Å²) in [5.74, 6) is 0.752. The minimum Gasteiger partial charge on any atom is -0.492 e. The van der Waals surface area contributed by atoms with Gasteiger partial charge in [0.1, 0.15) is 5.75 Å². The number of aliphatic hydroxyl groups excluding tert-OH is 1. The van der Waals surface area contributed by atoms with E-state index in [1.165, 1.54) is 0 Å². The molecule has 0 saturated carbocycles. The fourth-order valence-corrected chi connectivity index (χ4v) is 1.80. The molecule has 1 atom stereocenters. The number of hydrogen-bond acceptors (Lipinski definition) is 4. The third kappa shape index (κ3) is 2.77. The molecule has 2 rings (SSSR count). The Balaban J connectivity index is 2.04. The molecule has 0 bridgehead atoms. The molecule has 0 radical (unpaired) electrons. The lowest BCUT2D eigenvalue weighted by Gasteiger charge is -2.37. The molecule has 1 aliphatic heterocycles. The zero-order valence-electron chi connectivity index (χ0n) is 10.1. The maximum atomic E-state index is 9.10. The molecule has 0 aromatic heterocycles. The summed E-state index contributed by atoms with van der Waals surface area (Å²) in [6, 6.07) is 7.18. The molecular formula is C13H19NO3. The predicted octanol–water partition coefficient (Wildman–Crippen LogP) is 1.09. The molecule has 0 amide bonds. The van der Waals surface area contributed by atoms with E-state index in [2.05, 4.69) is 6.92 Å². The lowest BCUT2D eigenvalue weighted by molar-refractivity contribution is -0.120. The number of ether oxygens (including phenoxy) is 2. The summed E-state index contributed by atoms with van der Waals surface area (Å²) in [6.45, 7) is 4.14. The standard InChI is InChI=1S/C13H19NO3/c1-13(7-16-8-13)9-17-12-5-3-2-4-10(12)11(14)6-15/h2-5,11,15H,6-9,14H2,1H3. The van der Waals surface area contributed by atoms with E-state index in [0.717, 1.165) is 24.5 Å². The number of hydrogen-bond donors (Lipinski definition) is 2. The van der Waals surface area contributed by atoms with Crippen LogP contribution in [-0.2, 0) is 4.74 Å². The first-order valence-electron chi connectivity index (χ1n) is 5.80. The molecule has 1 aliphatic rings. The largest absolute Gasteiger partial charge is 0.492 e. The molecule has 1 fully saturated rings. The molecule has 4 nitrogen and oxygen atoms in total. The van der Waals surface area contributed by atoms with Gasteiger partial charge in [-0.25, -0.2) is 0 Å². The van der Waals surface area contributed by atoms with Gasteiger partial charge in [0, 0.05) is 11.0 Å². The van der Waals surface area contributed by atoms with E-state index < -0.39 is 6.04 Å². The predicted molar refractivity (Wildman–Crippen MR) is 64.9 cm³/mol. The molecule has 17 heavy (non-hydrogen) atoms. The normalized spacial score (nSPS) is 19.5. The zero-order chi connectivity index (χ0) is 12.3. The first-order chi connectivity index (χ1) is 8.14. The van der Waals surface area contributed by atoms with Crippen LogP contribution in [0.4, 0.5) is 0 Å². The monoisotopic (exact) mass is 237 g/mol. The summed E-state index contributed by atoms with van der Waals surface area (Å²) >= 11 is 0. The van der Waals surface area contributed by atoms with Crippen molar-refractivity contribution >= 4 is 0 Å². The summed E-state index contributed by atoms with van der Waals surface area (Å²) in [7, 11) is 0. The third-order valence-electron chi connectivity index (χ3n) is 2.99. The fourth-order valence-electron chi connectivity index (χ4n) is 1.80. The average molecular weight is 237 g/mol. The van der Waals surface area contributed by atoms with Crippen molar-refractivity contribution in [1.82, 2.24) is 0 Å². The van der Waals surface area contributed by atoms with Crippen molar-refractivity contribution in [3.63, 3.8) is 0 Å². The summed E-state index contributed by atoms with van der Waals surface area (Å²) in [5, 5.41) is 9.10. The number of benzene rings is 1. The van der Waals surface area contributed by atoms with Gasteiger partial charge in [0.15, 0.2) is 0 Å². The highest BCUT2D eigenvalue weighted by Gasteiger charge is 2.34. The Morgan fingerprint density at radius 3 is 2.76 bits per heavy atom. The second kappa shape index (κ2) is 5.04. The van der Waals surface area contributed by atoms with Crippen LogP contribution >= 0.6 is 0 Å². The van der Waals surface area contributed by atoms with Crippen LogP contribution in [0, 0.1) is 5.41 Å². The molecule has 0 aliphatic carbocycles. The van der Waals surface area contributed by atoms with Crippen LogP contribution < -0.4 is 10.5 Å². The van der Waals surface area contributed by atoms with E-state index in [0.29, 0.717) is 6.61 Å². The summed E-state index contributed by atoms with van der Waals surface area (Å²) < 4.78 is 11.0. The van der Waals surface area contributed by atoms with Crippen molar-refractivity contribution in [3.8, 4) is 5.75 Å². The van der Waals surface area contributed by atoms with Crippen LogP contribution in [0.3, 0.4) is 0 Å². The van der Waals surface area contributed by atoms with Gasteiger partial charge in [0.25, 0.3) is 0 Å². The van der Waals surface area contributed by atoms with Crippen LogP contribution in [0.5, 0.6) is 5.75 Å². The van der Waals surface area contributed by atoms with Crippen molar-refractivity contribution in [1.29, 1.82) is 0 Å². The summed E-state index contributed by atoms with van der Waals surface area (Å²) in [4.78, 5) is 0. The van der Waals surface area contributed by atoms with Crippen molar-refractivity contribution in [2.75, 3.05) is 26.4 Å². The molecule has 94 valence electrons. The van der Waals surface area contributed by atoms with Gasteiger partial charge in [-0.1, -0.05) is 25.1 Å². The maximum Gasteiger partial charge on any atom is 0.124 e. The second-order valence-corrected chi connectivity index (χ2v) is 4.92. The Morgan fingerprint density at radius 2 is 2.18 bits per heavy atom. The molecule has 1 aromatic carbocycles. The molecular weight excluding hydrogens is 218 g/mol. The van der Waals surface area contributed by atoms with Gasteiger partial charge in [-0.15, -0.1) is 0 Å². The topological polar surface area (TPSA) is 64.7 Å². The number of nitrogens with two attached hydrogens (primary N) is 1. The first-order valence-corrected chi connectivity index (χ1v) is 5.80. The Kier molecular flexibility index (Phi) is 3.66. The van der Waals surface area contributed by atoms with Crippen LogP contribution in [0.2, 0.25) is 0 Å². The van der Waals surface area contributed by atoms with Crippen LogP contribution in [-0.4, -0.2) is 31.5 Å². The van der Waals surface area contributed by atoms with E-state index >= 15 is 0 Å². The van der Waals surface area contributed by atoms with E-state index in [1.54, 1.807) is 0 Å². The van der Waals surface area contributed by atoms with Crippen LogP contribution in [0.1, 0.15) is 18.5 Å². The highest BCUT2D eigenvalue weighted by molar-refractivity contribution is 5.35. The van der Waals surface area contributed by atoms with E-state index in [9.17, 15) is 0 Å². The third-order valence-corrected chi connectivity index (χ3v) is 2.99. The molecule has 4 heteroatoms. The van der Waals surface area contributed by atoms with Crippen molar-refractivity contribution in [2.24, 2.45) is 11.1 Å². The zero-order valence-corrected chi connectivity index (χ0v) is 10.1. The first kappa shape index (κ1) is 12.4. The fraction of sp³-hybridized carbons (Fsp3) is 0.538. The molecule has 3 N–H and O–H groups in total. The van der Waals surface area contributed by atoms with Crippen molar-refractivity contribution in [3.05, 3.63) is 29.8 Å². The van der Waals surface area contributed by atoms with Gasteiger partial charge < -0.3 is 20.3 Å². The van der Waals surface area contributed by atoms with Gasteiger partial charge in [0.2, 0.25) is 0 Å². The van der Waals surface area contributed by atoms with Crippen molar-refractivity contribution in [2.45, 2.75) is 13.0 Å². The van der Waals surface area contributed by atoms with Gasteiger partial charge in [-0.2, -0.15) is 0 Å². The number of rotatable bonds is 5. The Morgan fingerprint density at radius 1 is 1.47 bits per heavy atom. The molecule has 1 unspecified atom stereocenters. The number of para-hydroxylation sites is 1. The lowest BCUT2D eigenvalue weighted by Crippen LogP contribution is -2.44. The lowest BCUT2D eigenvalue weighted by atomic mass is 9.90. The van der Waals surface area contributed by atoms with E-state index in [-0.39, 0.29) is 12.0 Å². The maximum absolute atomic E-state index is 9.10. The molecule has 1 heterocycles.